The topological polar surface area (TPSA) is 112 Å². The summed E-state index contributed by atoms with van der Waals surface area (Å²) < 4.78 is 0. The van der Waals surface area contributed by atoms with Gasteiger partial charge >= 0.3 is 0 Å². The normalized spacial score (nSPS) is 24.3. The van der Waals surface area contributed by atoms with Gasteiger partial charge < -0.3 is 14.7 Å². The Kier molecular flexibility index (Phi) is 6.90. The molecular weight excluding hydrogens is 384 g/mol. The number of nitriles is 1. The summed E-state index contributed by atoms with van der Waals surface area (Å²) in [4.78, 5) is 34.9. The van der Waals surface area contributed by atoms with E-state index in [4.69, 9.17) is 5.26 Å². The number of hydrogen-bond acceptors (Lipinski definition) is 5. The van der Waals surface area contributed by atoms with Crippen LogP contribution in [0.4, 0.5) is 0 Å². The van der Waals surface area contributed by atoms with Gasteiger partial charge in [-0.3, -0.25) is 14.8 Å². The highest BCUT2D eigenvalue weighted by atomic mass is 16.5. The molecule has 1 aromatic carbocycles. The maximum atomic E-state index is 13.3. The van der Waals surface area contributed by atoms with Crippen molar-refractivity contribution in [2.45, 2.75) is 18.8 Å². The molecule has 1 aromatic rings. The molecule has 0 bridgehead atoms. The molecule has 9 heteroatoms. The van der Waals surface area contributed by atoms with Crippen LogP contribution in [0.2, 0.25) is 0 Å². The average Bonchev–Trinajstić information content (AvgIpc) is 3.27. The molecule has 9 nitrogen and oxygen atoms in total. The van der Waals surface area contributed by atoms with Crippen LogP contribution in [0, 0.1) is 23.3 Å². The summed E-state index contributed by atoms with van der Waals surface area (Å²) in [5.74, 6) is -1.16. The Balaban J connectivity index is 1.73. The third-order valence-electron chi connectivity index (χ3n) is 5.98. The molecule has 2 N–H and O–H groups in total. The van der Waals surface area contributed by atoms with Crippen LogP contribution in [0.5, 0.6) is 0 Å². The Hall–Kier alpha value is -3.12. The fraction of sp³-hybridized carbons (Fsp3) is 0.524. The number of aliphatic imine (C=N–C) groups is 1. The molecule has 2 aliphatic rings. The zero-order valence-corrected chi connectivity index (χ0v) is 17.4. The van der Waals surface area contributed by atoms with E-state index in [2.05, 4.69) is 17.1 Å². The number of piperidine rings is 1. The van der Waals surface area contributed by atoms with Crippen molar-refractivity contribution >= 4 is 17.8 Å². The summed E-state index contributed by atoms with van der Waals surface area (Å²) >= 11 is 0. The fourth-order valence-corrected chi connectivity index (χ4v) is 4.47. The molecule has 0 radical (unpaired) electrons. The number of nitrogens with zero attached hydrogens (tertiary/aromatic N) is 5. The molecule has 2 aliphatic heterocycles. The lowest BCUT2D eigenvalue weighted by Crippen LogP contribution is -2.55. The second-order valence-electron chi connectivity index (χ2n) is 8.01. The van der Waals surface area contributed by atoms with Gasteiger partial charge in [-0.1, -0.05) is 30.3 Å². The van der Waals surface area contributed by atoms with Crippen LogP contribution in [0.1, 0.15) is 24.3 Å². The van der Waals surface area contributed by atoms with Crippen LogP contribution in [-0.2, 0) is 9.59 Å². The van der Waals surface area contributed by atoms with Gasteiger partial charge in [0.05, 0.1) is 11.8 Å². The number of guanidine groups is 1. The van der Waals surface area contributed by atoms with E-state index in [1.54, 1.807) is 30.7 Å². The van der Waals surface area contributed by atoms with Crippen LogP contribution >= 0.6 is 0 Å². The van der Waals surface area contributed by atoms with Crippen molar-refractivity contribution in [1.82, 2.24) is 20.2 Å². The summed E-state index contributed by atoms with van der Waals surface area (Å²) in [5.41, 5.74) is 2.93. The van der Waals surface area contributed by atoms with E-state index in [1.807, 2.05) is 28.0 Å². The van der Waals surface area contributed by atoms with Crippen molar-refractivity contribution in [2.75, 3.05) is 40.3 Å². The minimum atomic E-state index is -0.726. The Labute approximate surface area is 176 Å². The highest BCUT2D eigenvalue weighted by molar-refractivity contribution is 5.89. The minimum absolute atomic E-state index is 0.0506. The van der Waals surface area contributed by atoms with E-state index in [0.29, 0.717) is 37.9 Å². The van der Waals surface area contributed by atoms with Gasteiger partial charge in [0.15, 0.2) is 0 Å². The van der Waals surface area contributed by atoms with Gasteiger partial charge in [-0.25, -0.2) is 5.48 Å². The zero-order chi connectivity index (χ0) is 21.7. The first-order valence-corrected chi connectivity index (χ1v) is 10.1. The largest absolute Gasteiger partial charge is 0.348 e. The molecule has 0 spiro atoms. The third-order valence-corrected chi connectivity index (χ3v) is 5.98. The van der Waals surface area contributed by atoms with Crippen molar-refractivity contribution in [3.63, 3.8) is 0 Å². The van der Waals surface area contributed by atoms with E-state index in [9.17, 15) is 14.8 Å². The molecule has 2 saturated heterocycles. The lowest BCUT2D eigenvalue weighted by Gasteiger charge is -2.40. The van der Waals surface area contributed by atoms with Crippen LogP contribution in [0.15, 0.2) is 35.3 Å². The zero-order valence-electron chi connectivity index (χ0n) is 17.4. The summed E-state index contributed by atoms with van der Waals surface area (Å²) in [6, 6.07) is 10.1. The summed E-state index contributed by atoms with van der Waals surface area (Å²) in [7, 11) is 3.53. The predicted octanol–water partition coefficient (Wildman–Crippen LogP) is 0.845. The first-order chi connectivity index (χ1) is 14.5. The molecule has 0 aliphatic carbocycles. The summed E-state index contributed by atoms with van der Waals surface area (Å²) in [6.07, 6.45) is 3.12. The molecule has 2 amide bonds. The third kappa shape index (κ3) is 4.54. The van der Waals surface area contributed by atoms with Gasteiger partial charge in [0.1, 0.15) is 0 Å². The smallest absolute Gasteiger partial charge is 0.249 e. The highest BCUT2D eigenvalue weighted by Crippen LogP contribution is 2.32. The molecular formula is C21H28N6O3. The maximum Gasteiger partial charge on any atom is 0.249 e. The molecule has 160 valence electrons. The van der Waals surface area contributed by atoms with Gasteiger partial charge in [0.2, 0.25) is 24.0 Å². The van der Waals surface area contributed by atoms with Gasteiger partial charge in [-0.2, -0.15) is 5.26 Å². The van der Waals surface area contributed by atoms with Gasteiger partial charge in [-0.05, 0) is 18.4 Å². The van der Waals surface area contributed by atoms with Gasteiger partial charge in [-0.15, -0.1) is 4.99 Å². The quantitative estimate of drug-likeness (QED) is 0.250. The van der Waals surface area contributed by atoms with E-state index >= 15 is 0 Å². The standard InChI is InChI=1S/C21H28N6O3/c1-25(2)21(23-14-22)27-11-9-17(18(13-27)19(28)24-30)20(29)26-10-8-16(12-26)15-6-4-3-5-7-15/h3-7,16-18,30H,8-13H2,1-2H3,(H,24,28)/t16-,17-,18-/m0/s1. The van der Waals surface area contributed by atoms with E-state index in [0.717, 1.165) is 6.42 Å². The van der Waals surface area contributed by atoms with Gasteiger partial charge in [0.25, 0.3) is 0 Å². The minimum Gasteiger partial charge on any atom is -0.348 e. The fourth-order valence-electron chi connectivity index (χ4n) is 4.47. The lowest BCUT2D eigenvalue weighted by atomic mass is 9.83. The molecule has 3 rings (SSSR count). The Bertz CT molecular complexity index is 835. The molecule has 0 unspecified atom stereocenters. The summed E-state index contributed by atoms with van der Waals surface area (Å²) in [5, 5.41) is 18.2. The first kappa shape index (κ1) is 21.6. The van der Waals surface area contributed by atoms with Crippen molar-refractivity contribution in [1.29, 1.82) is 5.26 Å². The number of rotatable bonds is 3. The lowest BCUT2D eigenvalue weighted by molar-refractivity contribution is -0.147. The SMILES string of the molecule is CN(C)C(=NC#N)N1CC[C@H](C(=O)N2CC[C@H](c3ccccc3)C2)[C@@H](C(=O)NO)C1. The van der Waals surface area contributed by atoms with Crippen LogP contribution in [-0.4, -0.2) is 78.0 Å². The van der Waals surface area contributed by atoms with Crippen LogP contribution < -0.4 is 5.48 Å². The number of carbonyl (C=O) groups is 2. The molecule has 0 aromatic heterocycles. The van der Waals surface area contributed by atoms with Crippen molar-refractivity contribution in [3.05, 3.63) is 35.9 Å². The number of amides is 2. The van der Waals surface area contributed by atoms with Crippen molar-refractivity contribution in [2.24, 2.45) is 16.8 Å². The molecule has 0 saturated carbocycles. The second-order valence-corrected chi connectivity index (χ2v) is 8.01. The number of hydroxylamine groups is 1. The summed E-state index contributed by atoms with van der Waals surface area (Å²) in [6.45, 7) is 2.00. The number of nitrogens with one attached hydrogen (secondary N) is 1. The number of carbonyl (C=O) groups excluding carboxylic acids is 2. The van der Waals surface area contributed by atoms with Gasteiger partial charge in [0, 0.05) is 46.2 Å². The number of likely N-dealkylation sites (tertiary alicyclic amines) is 2. The predicted molar refractivity (Wildman–Crippen MR) is 110 cm³/mol. The average molecular weight is 412 g/mol. The highest BCUT2D eigenvalue weighted by Gasteiger charge is 2.42. The Morgan fingerprint density at radius 2 is 1.83 bits per heavy atom. The Morgan fingerprint density at radius 1 is 1.13 bits per heavy atom. The van der Waals surface area contributed by atoms with Crippen LogP contribution in [0.25, 0.3) is 0 Å². The van der Waals surface area contributed by atoms with Crippen LogP contribution in [0.3, 0.4) is 0 Å². The molecule has 2 fully saturated rings. The molecule has 3 atom stereocenters. The first-order valence-electron chi connectivity index (χ1n) is 10.1. The van der Waals surface area contributed by atoms with Crippen molar-refractivity contribution in [3.8, 4) is 6.19 Å². The van der Waals surface area contributed by atoms with E-state index in [-0.39, 0.29) is 12.5 Å². The molecule has 2 heterocycles. The Morgan fingerprint density at radius 3 is 2.47 bits per heavy atom. The second kappa shape index (κ2) is 9.59. The number of benzene rings is 1. The van der Waals surface area contributed by atoms with Crippen molar-refractivity contribution < 1.29 is 14.8 Å². The van der Waals surface area contributed by atoms with E-state index < -0.39 is 17.7 Å². The van der Waals surface area contributed by atoms with E-state index in [1.165, 1.54) is 5.56 Å². The maximum absolute atomic E-state index is 13.3. The monoisotopic (exact) mass is 412 g/mol. The molecule has 30 heavy (non-hydrogen) atoms. The number of hydrogen-bond donors (Lipinski definition) is 2.